The number of hydrogen-bond acceptors (Lipinski definition) is 4. The summed E-state index contributed by atoms with van der Waals surface area (Å²) in [6.07, 6.45) is 7.42. The Bertz CT molecular complexity index is 614. The summed E-state index contributed by atoms with van der Waals surface area (Å²) in [4.78, 5) is 22.2. The molecule has 0 saturated heterocycles. The fourth-order valence-corrected chi connectivity index (χ4v) is 2.85. The Balaban J connectivity index is 2.24. The van der Waals surface area contributed by atoms with Gasteiger partial charge < -0.3 is 14.9 Å². The minimum absolute atomic E-state index is 0.0678. The first kappa shape index (κ1) is 23.2. The average molecular weight is 397 g/mol. The summed E-state index contributed by atoms with van der Waals surface area (Å²) < 4.78 is 5.52. The van der Waals surface area contributed by atoms with Gasteiger partial charge in [-0.25, -0.2) is 0 Å². The highest BCUT2D eigenvalue weighted by Crippen LogP contribution is 2.19. The number of aliphatic hydroxyl groups excluding tert-OH is 1. The van der Waals surface area contributed by atoms with Crippen LogP contribution in [0.3, 0.4) is 0 Å². The number of carbonyl (C=O) groups is 2. The molecular weight excluding hydrogens is 368 g/mol. The predicted molar refractivity (Wildman–Crippen MR) is 106 cm³/mol. The third-order valence-corrected chi connectivity index (χ3v) is 4.49. The topological polar surface area (TPSA) is 83.8 Å². The predicted octanol–water partition coefficient (Wildman–Crippen LogP) is 4.66. The van der Waals surface area contributed by atoms with E-state index < -0.39 is 12.1 Å². The number of allylic oxidation sites excluding steroid dienone is 2. The van der Waals surface area contributed by atoms with E-state index in [0.717, 1.165) is 6.42 Å². The van der Waals surface area contributed by atoms with Crippen molar-refractivity contribution in [2.45, 2.75) is 58.0 Å². The van der Waals surface area contributed by atoms with Crippen molar-refractivity contribution in [3.8, 4) is 5.75 Å². The molecule has 27 heavy (non-hydrogen) atoms. The maximum Gasteiger partial charge on any atom is 0.303 e. The van der Waals surface area contributed by atoms with Gasteiger partial charge in [0.1, 0.15) is 18.1 Å². The second kappa shape index (κ2) is 13.3. The molecule has 0 bridgehead atoms. The van der Waals surface area contributed by atoms with Crippen molar-refractivity contribution in [3.63, 3.8) is 0 Å². The maximum absolute atomic E-state index is 11.8. The summed E-state index contributed by atoms with van der Waals surface area (Å²) >= 11 is 5.89. The molecule has 2 unspecified atom stereocenters. The molecular formula is C21H29ClO5. The standard InChI is InChI=1S/C21H29ClO5/c1-16(23)17(8-4-2-3-5-13-21(25)26)9-6-11-19(24)15-27-20-12-7-10-18(22)14-20/h2,4,7,10,12,14,17,19,24H,3,5-6,8-9,11,13,15H2,1H3,(H,25,26)/b4-2-. The molecule has 150 valence electrons. The maximum atomic E-state index is 11.8. The van der Waals surface area contributed by atoms with Crippen LogP contribution in [-0.2, 0) is 9.59 Å². The van der Waals surface area contributed by atoms with Crippen LogP contribution in [0.5, 0.6) is 5.75 Å². The quantitative estimate of drug-likeness (QED) is 0.353. The van der Waals surface area contributed by atoms with Crippen LogP contribution in [0.4, 0.5) is 0 Å². The summed E-state index contributed by atoms with van der Waals surface area (Å²) in [5.41, 5.74) is 0. The van der Waals surface area contributed by atoms with Crippen molar-refractivity contribution < 1.29 is 24.5 Å². The van der Waals surface area contributed by atoms with Gasteiger partial charge in [-0.15, -0.1) is 0 Å². The van der Waals surface area contributed by atoms with Crippen molar-refractivity contribution in [1.29, 1.82) is 0 Å². The number of hydrogen-bond donors (Lipinski definition) is 2. The summed E-state index contributed by atoms with van der Waals surface area (Å²) in [6, 6.07) is 7.03. The molecule has 0 fully saturated rings. The summed E-state index contributed by atoms with van der Waals surface area (Å²) in [7, 11) is 0. The van der Waals surface area contributed by atoms with Gasteiger partial charge in [-0.05, 0) is 57.2 Å². The first-order valence-corrected chi connectivity index (χ1v) is 9.70. The number of Topliss-reactive ketones (excluding diaryl/α,β-unsaturated/α-hetero) is 1. The summed E-state index contributed by atoms with van der Waals surface area (Å²) in [6.45, 7) is 1.77. The van der Waals surface area contributed by atoms with Gasteiger partial charge >= 0.3 is 5.97 Å². The van der Waals surface area contributed by atoms with E-state index in [4.69, 9.17) is 21.4 Å². The normalized spacial score (nSPS) is 13.4. The fraction of sp³-hybridized carbons (Fsp3) is 0.524. The molecule has 0 saturated carbocycles. The largest absolute Gasteiger partial charge is 0.491 e. The molecule has 1 rings (SSSR count). The van der Waals surface area contributed by atoms with E-state index in [1.165, 1.54) is 0 Å². The molecule has 2 atom stereocenters. The van der Waals surface area contributed by atoms with Gasteiger partial charge in [0.15, 0.2) is 0 Å². The number of ether oxygens (including phenoxy) is 1. The molecule has 0 aromatic heterocycles. The Morgan fingerprint density at radius 3 is 2.67 bits per heavy atom. The van der Waals surface area contributed by atoms with Gasteiger partial charge in [-0.2, -0.15) is 0 Å². The van der Waals surface area contributed by atoms with E-state index in [9.17, 15) is 14.7 Å². The van der Waals surface area contributed by atoms with Crippen LogP contribution in [0.25, 0.3) is 0 Å². The van der Waals surface area contributed by atoms with E-state index in [1.807, 2.05) is 12.2 Å². The number of halogens is 1. The first-order valence-electron chi connectivity index (χ1n) is 9.32. The van der Waals surface area contributed by atoms with Crippen LogP contribution in [-0.4, -0.2) is 34.7 Å². The van der Waals surface area contributed by atoms with Crippen LogP contribution >= 0.6 is 11.6 Å². The monoisotopic (exact) mass is 396 g/mol. The second-order valence-electron chi connectivity index (χ2n) is 6.65. The molecule has 6 heteroatoms. The van der Waals surface area contributed by atoms with E-state index in [1.54, 1.807) is 31.2 Å². The number of unbranched alkanes of at least 4 members (excludes halogenated alkanes) is 1. The lowest BCUT2D eigenvalue weighted by Crippen LogP contribution is -2.18. The Hall–Kier alpha value is -1.85. The van der Waals surface area contributed by atoms with Gasteiger partial charge in [0.2, 0.25) is 0 Å². The minimum Gasteiger partial charge on any atom is -0.491 e. The van der Waals surface area contributed by atoms with Crippen LogP contribution in [0, 0.1) is 5.92 Å². The summed E-state index contributed by atoms with van der Waals surface area (Å²) in [5, 5.41) is 19.2. The number of benzene rings is 1. The third-order valence-electron chi connectivity index (χ3n) is 4.25. The number of aliphatic carboxylic acids is 1. The lowest BCUT2D eigenvalue weighted by molar-refractivity contribution is -0.137. The highest BCUT2D eigenvalue weighted by atomic mass is 35.5. The molecule has 0 aliphatic rings. The highest BCUT2D eigenvalue weighted by molar-refractivity contribution is 6.30. The molecule has 5 nitrogen and oxygen atoms in total. The highest BCUT2D eigenvalue weighted by Gasteiger charge is 2.14. The van der Waals surface area contributed by atoms with E-state index in [0.29, 0.717) is 42.9 Å². The van der Waals surface area contributed by atoms with Gasteiger partial charge in [-0.1, -0.05) is 36.2 Å². The van der Waals surface area contributed by atoms with Crippen molar-refractivity contribution >= 4 is 23.4 Å². The van der Waals surface area contributed by atoms with Crippen LogP contribution < -0.4 is 4.74 Å². The zero-order chi connectivity index (χ0) is 20.1. The number of ketones is 1. The minimum atomic E-state index is -0.789. The number of carboxylic acid groups (broad SMARTS) is 1. The lowest BCUT2D eigenvalue weighted by atomic mass is 9.93. The molecule has 0 radical (unpaired) electrons. The van der Waals surface area contributed by atoms with Crippen molar-refractivity contribution in [2.24, 2.45) is 5.92 Å². The molecule has 2 N–H and O–H groups in total. The number of carboxylic acids is 1. The first-order chi connectivity index (χ1) is 12.9. The smallest absolute Gasteiger partial charge is 0.303 e. The molecule has 1 aromatic rings. The van der Waals surface area contributed by atoms with Gasteiger partial charge in [0.05, 0.1) is 6.10 Å². The lowest BCUT2D eigenvalue weighted by Gasteiger charge is -2.15. The molecule has 0 amide bonds. The van der Waals surface area contributed by atoms with Crippen molar-refractivity contribution in [2.75, 3.05) is 6.61 Å². The SMILES string of the molecule is CC(=O)C(C/C=C\CCCC(=O)O)CCCC(O)COc1cccc(Cl)c1. The van der Waals surface area contributed by atoms with Gasteiger partial charge in [0, 0.05) is 17.4 Å². The van der Waals surface area contributed by atoms with E-state index >= 15 is 0 Å². The molecule has 0 aliphatic carbocycles. The molecule has 1 aromatic carbocycles. The van der Waals surface area contributed by atoms with Crippen LogP contribution in [0.15, 0.2) is 36.4 Å². The Kier molecular flexibility index (Phi) is 11.5. The van der Waals surface area contributed by atoms with Crippen LogP contribution in [0.2, 0.25) is 5.02 Å². The Morgan fingerprint density at radius 2 is 2.00 bits per heavy atom. The Labute approximate surface area is 166 Å². The van der Waals surface area contributed by atoms with Gasteiger partial charge in [-0.3, -0.25) is 9.59 Å². The molecule has 0 heterocycles. The number of carbonyl (C=O) groups excluding carboxylic acids is 1. The summed E-state index contributed by atoms with van der Waals surface area (Å²) in [5.74, 6) is -0.101. The average Bonchev–Trinajstić information content (AvgIpc) is 2.60. The van der Waals surface area contributed by atoms with Gasteiger partial charge in [0.25, 0.3) is 0 Å². The second-order valence-corrected chi connectivity index (χ2v) is 7.09. The number of rotatable bonds is 14. The molecule has 0 aliphatic heterocycles. The Morgan fingerprint density at radius 1 is 1.22 bits per heavy atom. The van der Waals surface area contributed by atoms with E-state index in [2.05, 4.69) is 0 Å². The zero-order valence-corrected chi connectivity index (χ0v) is 16.5. The molecule has 0 spiro atoms. The zero-order valence-electron chi connectivity index (χ0n) is 15.8. The van der Waals surface area contributed by atoms with E-state index in [-0.39, 0.29) is 24.7 Å². The fourth-order valence-electron chi connectivity index (χ4n) is 2.67. The van der Waals surface area contributed by atoms with Crippen molar-refractivity contribution in [3.05, 3.63) is 41.4 Å². The van der Waals surface area contributed by atoms with Crippen molar-refractivity contribution in [1.82, 2.24) is 0 Å². The third kappa shape index (κ3) is 11.5. The van der Waals surface area contributed by atoms with Crippen LogP contribution in [0.1, 0.15) is 51.9 Å². The number of aliphatic hydroxyl groups is 1.